The van der Waals surface area contributed by atoms with Crippen molar-refractivity contribution >= 4 is 5.97 Å². The lowest BCUT2D eigenvalue weighted by Gasteiger charge is -2.25. The number of β-amino-alcohol motifs (C(OH)–C–C–N with tert-alkyl or cyclic N) is 2. The van der Waals surface area contributed by atoms with Crippen LogP contribution in [-0.4, -0.2) is 72.2 Å². The van der Waals surface area contributed by atoms with Crippen molar-refractivity contribution in [3.8, 4) is 0 Å². The summed E-state index contributed by atoms with van der Waals surface area (Å²) in [4.78, 5) is 13.3. The first-order valence-corrected chi connectivity index (χ1v) is 6.23. The fraction of sp³-hybridized carbons (Fsp3) is 0.917. The Hall–Kier alpha value is -0.690. The zero-order valence-corrected chi connectivity index (χ0v) is 11.2. The third-order valence-corrected chi connectivity index (χ3v) is 2.92. The van der Waals surface area contributed by atoms with Crippen LogP contribution in [0, 0.1) is 0 Å². The molecule has 1 fully saturated rings. The summed E-state index contributed by atoms with van der Waals surface area (Å²) in [7, 11) is 1.32. The minimum Gasteiger partial charge on any atom is -0.468 e. The number of nitrogens with zero attached hydrogens (tertiary/aromatic N) is 1. The second kappa shape index (κ2) is 7.04. The first-order chi connectivity index (χ1) is 8.43. The highest BCUT2D eigenvalue weighted by Crippen LogP contribution is 2.19. The molecule has 1 heterocycles. The van der Waals surface area contributed by atoms with Gasteiger partial charge in [-0.15, -0.1) is 0 Å². The number of hydrogen-bond acceptors (Lipinski definition) is 6. The van der Waals surface area contributed by atoms with Crippen LogP contribution in [0.25, 0.3) is 0 Å². The number of ether oxygens (including phenoxy) is 2. The molecule has 0 aromatic heterocycles. The average Bonchev–Trinajstić information content (AvgIpc) is 2.66. The number of rotatable bonds is 6. The summed E-state index contributed by atoms with van der Waals surface area (Å²) in [5, 5.41) is 19.4. The number of carbonyl (C=O) groups excluding carboxylic acids is 1. The van der Waals surface area contributed by atoms with Crippen LogP contribution in [0.3, 0.4) is 0 Å². The standard InChI is InChI=1S/C12H23NO5/c1-8(2)18-7-10(15)6-13-5-9(14)4-11(13)12(16)17-3/h8-11,14-15H,4-7H2,1-3H3. The van der Waals surface area contributed by atoms with Crippen LogP contribution < -0.4 is 0 Å². The minimum absolute atomic E-state index is 0.0558. The maximum Gasteiger partial charge on any atom is 0.323 e. The van der Waals surface area contributed by atoms with Crippen molar-refractivity contribution in [2.45, 2.75) is 44.6 Å². The molecule has 0 saturated carbocycles. The first-order valence-electron chi connectivity index (χ1n) is 6.23. The molecule has 3 unspecified atom stereocenters. The van der Waals surface area contributed by atoms with Crippen molar-refractivity contribution in [3.63, 3.8) is 0 Å². The summed E-state index contributed by atoms with van der Waals surface area (Å²) < 4.78 is 10.00. The van der Waals surface area contributed by atoms with E-state index in [9.17, 15) is 15.0 Å². The van der Waals surface area contributed by atoms with Gasteiger partial charge in [0.2, 0.25) is 0 Å². The van der Waals surface area contributed by atoms with Gasteiger partial charge in [-0.2, -0.15) is 0 Å². The van der Waals surface area contributed by atoms with Crippen molar-refractivity contribution in [1.29, 1.82) is 0 Å². The molecule has 0 aromatic carbocycles. The predicted octanol–water partition coefficient (Wildman–Crippen LogP) is -0.619. The summed E-state index contributed by atoms with van der Waals surface area (Å²) in [5.41, 5.74) is 0. The predicted molar refractivity (Wildman–Crippen MR) is 65.1 cm³/mol. The molecule has 6 heteroatoms. The molecule has 0 amide bonds. The van der Waals surface area contributed by atoms with Gasteiger partial charge in [-0.25, -0.2) is 0 Å². The van der Waals surface area contributed by atoms with Gasteiger partial charge in [0.05, 0.1) is 32.0 Å². The van der Waals surface area contributed by atoms with E-state index < -0.39 is 18.2 Å². The number of methoxy groups -OCH3 is 1. The van der Waals surface area contributed by atoms with Crippen molar-refractivity contribution in [2.75, 3.05) is 26.8 Å². The summed E-state index contributed by atoms with van der Waals surface area (Å²) in [5.74, 6) is -0.372. The number of likely N-dealkylation sites (tertiary alicyclic amines) is 1. The van der Waals surface area contributed by atoms with Crippen molar-refractivity contribution in [2.24, 2.45) is 0 Å². The smallest absolute Gasteiger partial charge is 0.323 e. The SMILES string of the molecule is COC(=O)C1CC(O)CN1CC(O)COC(C)C. The Bertz CT molecular complexity index is 271. The number of carbonyl (C=O) groups is 1. The summed E-state index contributed by atoms with van der Waals surface area (Å²) in [6.07, 6.45) is -0.817. The molecule has 3 atom stereocenters. The lowest BCUT2D eigenvalue weighted by molar-refractivity contribution is -0.146. The van der Waals surface area contributed by atoms with E-state index in [2.05, 4.69) is 4.74 Å². The second-order valence-electron chi connectivity index (χ2n) is 4.92. The molecule has 1 rings (SSSR count). The van der Waals surface area contributed by atoms with Crippen LogP contribution >= 0.6 is 0 Å². The monoisotopic (exact) mass is 261 g/mol. The number of esters is 1. The highest BCUT2D eigenvalue weighted by Gasteiger charge is 2.37. The van der Waals surface area contributed by atoms with Gasteiger partial charge < -0.3 is 19.7 Å². The molecule has 106 valence electrons. The lowest BCUT2D eigenvalue weighted by atomic mass is 10.2. The number of aliphatic hydroxyl groups is 2. The topological polar surface area (TPSA) is 79.2 Å². The Balaban J connectivity index is 2.45. The Morgan fingerprint density at radius 3 is 2.72 bits per heavy atom. The molecule has 2 N–H and O–H groups in total. The quantitative estimate of drug-likeness (QED) is 0.620. The Morgan fingerprint density at radius 1 is 1.50 bits per heavy atom. The van der Waals surface area contributed by atoms with E-state index in [0.29, 0.717) is 19.5 Å². The van der Waals surface area contributed by atoms with E-state index in [1.807, 2.05) is 13.8 Å². The fourth-order valence-electron chi connectivity index (χ4n) is 2.09. The van der Waals surface area contributed by atoms with Gasteiger partial charge in [-0.05, 0) is 13.8 Å². The van der Waals surface area contributed by atoms with Gasteiger partial charge in [0, 0.05) is 19.5 Å². The molecule has 1 aliphatic heterocycles. The minimum atomic E-state index is -0.676. The van der Waals surface area contributed by atoms with Gasteiger partial charge >= 0.3 is 5.97 Å². The first kappa shape index (κ1) is 15.4. The van der Waals surface area contributed by atoms with Crippen LogP contribution in [0.2, 0.25) is 0 Å². The van der Waals surface area contributed by atoms with Crippen LogP contribution in [0.5, 0.6) is 0 Å². The molecule has 6 nitrogen and oxygen atoms in total. The van der Waals surface area contributed by atoms with Gasteiger partial charge in [0.15, 0.2) is 0 Å². The van der Waals surface area contributed by atoms with Crippen LogP contribution in [0.15, 0.2) is 0 Å². The molecule has 1 aliphatic rings. The van der Waals surface area contributed by atoms with E-state index in [-0.39, 0.29) is 18.7 Å². The molecule has 0 spiro atoms. The third kappa shape index (κ3) is 4.53. The van der Waals surface area contributed by atoms with Crippen molar-refractivity contribution in [3.05, 3.63) is 0 Å². The number of aliphatic hydroxyl groups excluding tert-OH is 2. The molecular formula is C12H23NO5. The molecule has 0 aromatic rings. The molecule has 0 aliphatic carbocycles. The van der Waals surface area contributed by atoms with Crippen molar-refractivity contribution in [1.82, 2.24) is 4.90 Å². The second-order valence-corrected chi connectivity index (χ2v) is 4.92. The van der Waals surface area contributed by atoms with Gasteiger partial charge in [0.25, 0.3) is 0 Å². The normalized spacial score (nSPS) is 26.6. The average molecular weight is 261 g/mol. The highest BCUT2D eigenvalue weighted by molar-refractivity contribution is 5.76. The van der Waals surface area contributed by atoms with E-state index in [4.69, 9.17) is 4.74 Å². The van der Waals surface area contributed by atoms with E-state index >= 15 is 0 Å². The van der Waals surface area contributed by atoms with Gasteiger partial charge in [-0.1, -0.05) is 0 Å². The molecule has 18 heavy (non-hydrogen) atoms. The fourth-order valence-corrected chi connectivity index (χ4v) is 2.09. The van der Waals surface area contributed by atoms with E-state index in [1.54, 1.807) is 4.90 Å². The van der Waals surface area contributed by atoms with Crippen molar-refractivity contribution < 1.29 is 24.5 Å². The van der Waals surface area contributed by atoms with Crippen LogP contribution in [-0.2, 0) is 14.3 Å². The zero-order chi connectivity index (χ0) is 13.7. The van der Waals surface area contributed by atoms with Gasteiger partial charge in [-0.3, -0.25) is 9.69 Å². The Kier molecular flexibility index (Phi) is 6.01. The zero-order valence-electron chi connectivity index (χ0n) is 11.2. The maximum absolute atomic E-state index is 11.5. The van der Waals surface area contributed by atoms with Crippen LogP contribution in [0.1, 0.15) is 20.3 Å². The van der Waals surface area contributed by atoms with Gasteiger partial charge in [0.1, 0.15) is 6.04 Å². The summed E-state index contributed by atoms with van der Waals surface area (Å²) in [6, 6.07) is -0.473. The van der Waals surface area contributed by atoms with E-state index in [1.165, 1.54) is 7.11 Å². The lowest BCUT2D eigenvalue weighted by Crippen LogP contribution is -2.42. The van der Waals surface area contributed by atoms with Crippen LogP contribution in [0.4, 0.5) is 0 Å². The highest BCUT2D eigenvalue weighted by atomic mass is 16.5. The molecule has 0 bridgehead atoms. The maximum atomic E-state index is 11.5. The Morgan fingerprint density at radius 2 is 2.17 bits per heavy atom. The molecule has 0 radical (unpaired) electrons. The summed E-state index contributed by atoms with van der Waals surface area (Å²) in [6.45, 7) is 4.67. The third-order valence-electron chi connectivity index (χ3n) is 2.92. The Labute approximate surface area is 107 Å². The molecule has 1 saturated heterocycles. The van der Waals surface area contributed by atoms with E-state index in [0.717, 1.165) is 0 Å². The number of hydrogen-bond donors (Lipinski definition) is 2. The largest absolute Gasteiger partial charge is 0.468 e. The summed E-state index contributed by atoms with van der Waals surface area (Å²) >= 11 is 0. The molecular weight excluding hydrogens is 238 g/mol.